The molecule has 0 atom stereocenters. The third-order valence-electron chi connectivity index (χ3n) is 2.98. The lowest BCUT2D eigenvalue weighted by Gasteiger charge is -2.21. The van der Waals surface area contributed by atoms with Crippen LogP contribution in [0.4, 0.5) is 11.5 Å². The summed E-state index contributed by atoms with van der Waals surface area (Å²) in [5.74, 6) is 0.134. The van der Waals surface area contributed by atoms with Crippen molar-refractivity contribution in [3.63, 3.8) is 0 Å². The molecule has 19 heavy (non-hydrogen) atoms. The lowest BCUT2D eigenvalue weighted by molar-refractivity contribution is 0.0989. The maximum absolute atomic E-state index is 12.5. The molecule has 0 unspecified atom stereocenters. The predicted octanol–water partition coefficient (Wildman–Crippen LogP) is 2.64. The summed E-state index contributed by atoms with van der Waals surface area (Å²) in [7, 11) is 0. The van der Waals surface area contributed by atoms with Crippen LogP contribution in [0.25, 0.3) is 0 Å². The Morgan fingerprint density at radius 1 is 1.26 bits per heavy atom. The van der Waals surface area contributed by atoms with Crippen molar-refractivity contribution < 1.29 is 4.79 Å². The second-order valence-corrected chi connectivity index (χ2v) is 4.32. The van der Waals surface area contributed by atoms with Crippen LogP contribution in [0.1, 0.15) is 22.8 Å². The van der Waals surface area contributed by atoms with Gasteiger partial charge in [0.05, 0.1) is 5.56 Å². The van der Waals surface area contributed by atoms with E-state index in [9.17, 15) is 4.79 Å². The van der Waals surface area contributed by atoms with Crippen molar-refractivity contribution in [3.8, 4) is 0 Å². The van der Waals surface area contributed by atoms with Gasteiger partial charge in [0, 0.05) is 18.4 Å². The van der Waals surface area contributed by atoms with Crippen molar-refractivity contribution in [1.29, 1.82) is 0 Å². The van der Waals surface area contributed by atoms with Crippen LogP contribution < -0.4 is 10.6 Å². The number of carbonyl (C=O) groups excluding carboxylic acids is 1. The molecule has 1 amide bonds. The minimum Gasteiger partial charge on any atom is -0.383 e. The lowest BCUT2D eigenvalue weighted by atomic mass is 10.1. The first-order chi connectivity index (χ1) is 9.13. The Labute approximate surface area is 112 Å². The number of hydrogen-bond donors (Lipinski definition) is 1. The summed E-state index contributed by atoms with van der Waals surface area (Å²) in [5, 5.41) is 0. The summed E-state index contributed by atoms with van der Waals surface area (Å²) in [4.78, 5) is 18.1. The fraction of sp³-hybridized carbons (Fsp3) is 0.200. The zero-order chi connectivity index (χ0) is 13.8. The van der Waals surface area contributed by atoms with E-state index in [1.165, 1.54) is 0 Å². The quantitative estimate of drug-likeness (QED) is 0.917. The smallest absolute Gasteiger partial charge is 0.261 e. The number of carbonyl (C=O) groups is 1. The zero-order valence-corrected chi connectivity index (χ0v) is 11.1. The molecule has 0 saturated carbocycles. The average molecular weight is 255 g/mol. The fourth-order valence-corrected chi connectivity index (χ4v) is 1.91. The highest BCUT2D eigenvalue weighted by Gasteiger charge is 2.18. The molecule has 2 aromatic rings. The van der Waals surface area contributed by atoms with Crippen molar-refractivity contribution >= 4 is 17.4 Å². The Kier molecular flexibility index (Phi) is 3.80. The first-order valence-electron chi connectivity index (χ1n) is 6.22. The van der Waals surface area contributed by atoms with E-state index in [1.54, 1.807) is 23.2 Å². The molecule has 0 bridgehead atoms. The maximum Gasteiger partial charge on any atom is 0.261 e. The Bertz CT molecular complexity index is 578. The van der Waals surface area contributed by atoms with Gasteiger partial charge in [-0.15, -0.1) is 0 Å². The van der Waals surface area contributed by atoms with Crippen LogP contribution in [-0.4, -0.2) is 17.4 Å². The number of aromatic nitrogens is 1. The topological polar surface area (TPSA) is 59.2 Å². The molecular formula is C15H17N3O. The number of rotatable bonds is 3. The van der Waals surface area contributed by atoms with Gasteiger partial charge in [0.2, 0.25) is 0 Å². The molecule has 4 heteroatoms. The third-order valence-corrected chi connectivity index (χ3v) is 2.98. The van der Waals surface area contributed by atoms with Crippen molar-refractivity contribution in [1.82, 2.24) is 4.98 Å². The number of anilines is 2. The highest BCUT2D eigenvalue weighted by molar-refractivity contribution is 6.08. The molecular weight excluding hydrogens is 238 g/mol. The summed E-state index contributed by atoms with van der Waals surface area (Å²) >= 11 is 0. The molecule has 0 radical (unpaired) electrons. The molecule has 0 aliphatic carbocycles. The molecule has 1 heterocycles. The van der Waals surface area contributed by atoms with Crippen LogP contribution in [0.2, 0.25) is 0 Å². The minimum absolute atomic E-state index is 0.128. The van der Waals surface area contributed by atoms with Gasteiger partial charge in [-0.25, -0.2) is 4.98 Å². The van der Waals surface area contributed by atoms with Crippen LogP contribution in [0.3, 0.4) is 0 Å². The summed E-state index contributed by atoms with van der Waals surface area (Å²) in [5.41, 5.74) is 8.22. The molecule has 2 N–H and O–H groups in total. The lowest BCUT2D eigenvalue weighted by Crippen LogP contribution is -2.31. The predicted molar refractivity (Wildman–Crippen MR) is 77.2 cm³/mol. The number of pyridine rings is 1. The number of nitrogen functional groups attached to an aromatic ring is 1. The summed E-state index contributed by atoms with van der Waals surface area (Å²) in [6.07, 6.45) is 1.58. The van der Waals surface area contributed by atoms with Crippen LogP contribution in [0.15, 0.2) is 42.6 Å². The second-order valence-electron chi connectivity index (χ2n) is 4.32. The van der Waals surface area contributed by atoms with Crippen molar-refractivity contribution in [3.05, 3.63) is 53.7 Å². The minimum atomic E-state index is -0.128. The number of nitrogens with two attached hydrogens (primary N) is 1. The van der Waals surface area contributed by atoms with Gasteiger partial charge >= 0.3 is 0 Å². The van der Waals surface area contributed by atoms with Crippen molar-refractivity contribution in [2.75, 3.05) is 17.2 Å². The van der Waals surface area contributed by atoms with Crippen LogP contribution in [0.5, 0.6) is 0 Å². The van der Waals surface area contributed by atoms with Crippen LogP contribution >= 0.6 is 0 Å². The summed E-state index contributed by atoms with van der Waals surface area (Å²) < 4.78 is 0. The number of benzene rings is 1. The summed E-state index contributed by atoms with van der Waals surface area (Å²) in [6, 6.07) is 11.2. The third kappa shape index (κ3) is 2.73. The number of hydrogen-bond acceptors (Lipinski definition) is 3. The van der Waals surface area contributed by atoms with E-state index in [0.29, 0.717) is 12.1 Å². The summed E-state index contributed by atoms with van der Waals surface area (Å²) in [6.45, 7) is 4.53. The molecule has 0 fully saturated rings. The molecule has 1 aromatic carbocycles. The van der Waals surface area contributed by atoms with E-state index >= 15 is 0 Å². The Hall–Kier alpha value is -2.36. The van der Waals surface area contributed by atoms with Gasteiger partial charge in [0.1, 0.15) is 5.82 Å². The molecule has 0 aliphatic heterocycles. The van der Waals surface area contributed by atoms with Crippen molar-refractivity contribution in [2.45, 2.75) is 13.8 Å². The average Bonchev–Trinajstić information content (AvgIpc) is 2.42. The molecule has 4 nitrogen and oxygen atoms in total. The van der Waals surface area contributed by atoms with Gasteiger partial charge < -0.3 is 10.6 Å². The van der Waals surface area contributed by atoms with E-state index in [1.807, 2.05) is 38.1 Å². The van der Waals surface area contributed by atoms with Crippen LogP contribution in [0, 0.1) is 6.92 Å². The van der Waals surface area contributed by atoms with E-state index < -0.39 is 0 Å². The normalized spacial score (nSPS) is 10.2. The van der Waals surface area contributed by atoms with E-state index in [2.05, 4.69) is 4.98 Å². The molecule has 0 aliphatic rings. The van der Waals surface area contributed by atoms with E-state index in [4.69, 9.17) is 5.73 Å². The molecule has 2 rings (SSSR count). The Morgan fingerprint density at radius 3 is 2.53 bits per heavy atom. The van der Waals surface area contributed by atoms with Crippen molar-refractivity contribution in [2.24, 2.45) is 0 Å². The highest BCUT2D eigenvalue weighted by Crippen LogP contribution is 2.19. The van der Waals surface area contributed by atoms with Gasteiger partial charge in [-0.3, -0.25) is 4.79 Å². The van der Waals surface area contributed by atoms with E-state index in [0.717, 1.165) is 11.3 Å². The van der Waals surface area contributed by atoms with Crippen LogP contribution in [-0.2, 0) is 0 Å². The van der Waals surface area contributed by atoms with Gasteiger partial charge in [-0.2, -0.15) is 0 Å². The second kappa shape index (κ2) is 5.52. The molecule has 0 saturated heterocycles. The monoisotopic (exact) mass is 255 g/mol. The maximum atomic E-state index is 12.5. The SMILES string of the molecule is CCN(C(=O)c1cccnc1N)c1ccc(C)cc1. The number of amides is 1. The van der Waals surface area contributed by atoms with Gasteiger partial charge in [-0.1, -0.05) is 17.7 Å². The Balaban J connectivity index is 2.35. The van der Waals surface area contributed by atoms with Gasteiger partial charge in [-0.05, 0) is 38.1 Å². The largest absolute Gasteiger partial charge is 0.383 e. The Morgan fingerprint density at radius 2 is 1.95 bits per heavy atom. The number of aryl methyl sites for hydroxylation is 1. The number of nitrogens with zero attached hydrogens (tertiary/aromatic N) is 2. The van der Waals surface area contributed by atoms with Gasteiger partial charge in [0.25, 0.3) is 5.91 Å². The highest BCUT2D eigenvalue weighted by atomic mass is 16.2. The first kappa shape index (κ1) is 13.1. The fourth-order valence-electron chi connectivity index (χ4n) is 1.91. The van der Waals surface area contributed by atoms with E-state index in [-0.39, 0.29) is 11.7 Å². The standard InChI is InChI=1S/C15H17N3O/c1-3-18(12-8-6-11(2)7-9-12)15(19)13-5-4-10-17-14(13)16/h4-10H,3H2,1-2H3,(H2,16,17). The molecule has 0 spiro atoms. The van der Waals surface area contributed by atoms with Gasteiger partial charge in [0.15, 0.2) is 0 Å². The first-order valence-corrected chi connectivity index (χ1v) is 6.22. The molecule has 1 aromatic heterocycles. The zero-order valence-electron chi connectivity index (χ0n) is 11.1. The molecule has 98 valence electrons.